The first-order chi connectivity index (χ1) is 10.0. The maximum Gasteiger partial charge on any atom is 0.460 e. The summed E-state index contributed by atoms with van der Waals surface area (Å²) in [6.45, 7) is -2.15. The quantitative estimate of drug-likeness (QED) is 0.774. The maximum atomic E-state index is 13.1. The van der Waals surface area contributed by atoms with Crippen molar-refractivity contribution in [2.45, 2.75) is 18.0 Å². The van der Waals surface area contributed by atoms with Crippen LogP contribution in [0.2, 0.25) is 0 Å². The number of ether oxygens (including phenoxy) is 1. The molecule has 1 aromatic carbocycles. The van der Waals surface area contributed by atoms with Gasteiger partial charge in [0, 0.05) is 11.5 Å². The fourth-order valence-corrected chi connectivity index (χ4v) is 1.59. The Balaban J connectivity index is 2.16. The summed E-state index contributed by atoms with van der Waals surface area (Å²) in [5.74, 6) is -12.1. The van der Waals surface area contributed by atoms with Crippen molar-refractivity contribution in [3.05, 3.63) is 36.4 Å². The van der Waals surface area contributed by atoms with Gasteiger partial charge in [0.15, 0.2) is 6.61 Å². The first-order valence-corrected chi connectivity index (χ1v) is 5.85. The Bertz CT molecular complexity index is 669. The number of nitrogens with zero attached hydrogens (tertiary/aromatic N) is 1. The fraction of sp³-hybridized carbons (Fsp3) is 0.308. The Morgan fingerprint density at radius 3 is 2.14 bits per heavy atom. The van der Waals surface area contributed by atoms with E-state index in [0.717, 1.165) is 6.07 Å². The number of pyridine rings is 1. The Morgan fingerprint density at radius 2 is 1.50 bits per heavy atom. The summed E-state index contributed by atoms with van der Waals surface area (Å²) in [6.07, 6.45) is -6.38. The molecule has 0 aliphatic rings. The third kappa shape index (κ3) is 2.93. The van der Waals surface area contributed by atoms with Crippen molar-refractivity contribution in [2.75, 3.05) is 6.61 Å². The minimum Gasteiger partial charge on any atom is -0.471 e. The van der Waals surface area contributed by atoms with Crippen molar-refractivity contribution in [1.29, 1.82) is 0 Å². The van der Waals surface area contributed by atoms with E-state index < -0.39 is 30.5 Å². The Morgan fingerprint density at radius 1 is 0.864 bits per heavy atom. The van der Waals surface area contributed by atoms with E-state index in [1.54, 1.807) is 18.2 Å². The summed E-state index contributed by atoms with van der Waals surface area (Å²) in [5.41, 5.74) is 0.325. The van der Waals surface area contributed by atoms with E-state index in [-0.39, 0.29) is 0 Å². The number of fused-ring (bicyclic) bond motifs is 1. The molecule has 0 fully saturated rings. The van der Waals surface area contributed by atoms with Crippen LogP contribution >= 0.6 is 0 Å². The molecule has 2 nitrogen and oxygen atoms in total. The summed E-state index contributed by atoms with van der Waals surface area (Å²) in [6, 6.07) is 8.94. The van der Waals surface area contributed by atoms with Crippen LogP contribution in [0.25, 0.3) is 10.9 Å². The molecule has 0 atom stereocenters. The number of alkyl halides is 7. The van der Waals surface area contributed by atoms with Crippen LogP contribution < -0.4 is 4.74 Å². The number of benzene rings is 1. The largest absolute Gasteiger partial charge is 0.471 e. The first kappa shape index (κ1) is 16.3. The average Bonchev–Trinajstić information content (AvgIpc) is 2.43. The minimum atomic E-state index is -6.38. The van der Waals surface area contributed by atoms with Crippen molar-refractivity contribution in [1.82, 2.24) is 4.98 Å². The fourth-order valence-electron chi connectivity index (χ4n) is 1.59. The van der Waals surface area contributed by atoms with Gasteiger partial charge in [0.25, 0.3) is 0 Å². The maximum absolute atomic E-state index is 13.1. The molecule has 0 amide bonds. The van der Waals surface area contributed by atoms with Crippen LogP contribution in [0.4, 0.5) is 30.7 Å². The third-order valence-corrected chi connectivity index (χ3v) is 2.79. The van der Waals surface area contributed by atoms with E-state index in [4.69, 9.17) is 0 Å². The Hall–Kier alpha value is -2.06. The molecule has 9 heteroatoms. The average molecular weight is 327 g/mol. The number of rotatable bonds is 4. The zero-order valence-corrected chi connectivity index (χ0v) is 10.7. The molecule has 2 aromatic rings. The molecule has 0 saturated heterocycles. The molecule has 22 heavy (non-hydrogen) atoms. The van der Waals surface area contributed by atoms with Gasteiger partial charge in [0.2, 0.25) is 5.88 Å². The van der Waals surface area contributed by atoms with E-state index >= 15 is 0 Å². The lowest BCUT2D eigenvalue weighted by atomic mass is 10.2. The molecule has 0 unspecified atom stereocenters. The van der Waals surface area contributed by atoms with Gasteiger partial charge in [-0.1, -0.05) is 18.2 Å². The summed E-state index contributed by atoms with van der Waals surface area (Å²) in [5, 5.41) is 0.627. The lowest BCUT2D eigenvalue weighted by Gasteiger charge is -2.27. The van der Waals surface area contributed by atoms with Gasteiger partial charge in [-0.05, 0) is 12.1 Å². The molecule has 1 heterocycles. The number of hydrogen-bond donors (Lipinski definition) is 0. The second-order valence-corrected chi connectivity index (χ2v) is 4.41. The molecule has 120 valence electrons. The Labute approximate surface area is 119 Å². The normalized spacial score (nSPS) is 13.4. The Kier molecular flexibility index (Phi) is 3.92. The topological polar surface area (TPSA) is 22.1 Å². The van der Waals surface area contributed by atoms with Gasteiger partial charge in [-0.15, -0.1) is 0 Å². The summed E-state index contributed by atoms with van der Waals surface area (Å²) in [4.78, 5) is 3.74. The van der Waals surface area contributed by atoms with Crippen molar-refractivity contribution in [3.8, 4) is 5.88 Å². The van der Waals surface area contributed by atoms with Crippen LogP contribution in [0, 0.1) is 0 Å². The second kappa shape index (κ2) is 5.29. The standard InChI is InChI=1S/C13H8F7NO/c14-11(15,12(16,17)13(18,19)20)7-22-10-6-5-8-3-1-2-4-9(8)21-10/h1-6H,7H2. The van der Waals surface area contributed by atoms with Gasteiger partial charge < -0.3 is 4.74 Å². The zero-order chi connectivity index (χ0) is 16.6. The summed E-state index contributed by atoms with van der Waals surface area (Å²) >= 11 is 0. The predicted octanol–water partition coefficient (Wildman–Crippen LogP) is 4.45. The highest BCUT2D eigenvalue weighted by Crippen LogP contribution is 2.46. The van der Waals surface area contributed by atoms with Crippen LogP contribution in [0.1, 0.15) is 0 Å². The smallest absolute Gasteiger partial charge is 0.460 e. The monoisotopic (exact) mass is 327 g/mol. The molecule has 1 aromatic heterocycles. The number of hydrogen-bond acceptors (Lipinski definition) is 2. The van der Waals surface area contributed by atoms with Crippen LogP contribution in [-0.4, -0.2) is 29.6 Å². The van der Waals surface area contributed by atoms with E-state index in [9.17, 15) is 30.7 Å². The molecular formula is C13H8F7NO. The summed E-state index contributed by atoms with van der Waals surface area (Å²) in [7, 11) is 0. The van der Waals surface area contributed by atoms with Crippen LogP contribution in [-0.2, 0) is 0 Å². The molecule has 0 aliphatic carbocycles. The molecule has 0 aliphatic heterocycles. The number of para-hydroxylation sites is 1. The molecule has 0 bridgehead atoms. The van der Waals surface area contributed by atoms with Gasteiger partial charge >= 0.3 is 18.0 Å². The van der Waals surface area contributed by atoms with E-state index in [2.05, 4.69) is 9.72 Å². The van der Waals surface area contributed by atoms with Gasteiger partial charge in [-0.3, -0.25) is 0 Å². The van der Waals surface area contributed by atoms with Gasteiger partial charge in [-0.25, -0.2) is 4.98 Å². The van der Waals surface area contributed by atoms with Crippen molar-refractivity contribution >= 4 is 10.9 Å². The van der Waals surface area contributed by atoms with Crippen LogP contribution in [0.15, 0.2) is 36.4 Å². The predicted molar refractivity (Wildman–Crippen MR) is 63.2 cm³/mol. The summed E-state index contributed by atoms with van der Waals surface area (Å²) < 4.78 is 91.7. The van der Waals surface area contributed by atoms with Crippen LogP contribution in [0.5, 0.6) is 5.88 Å². The molecular weight excluding hydrogens is 319 g/mol. The molecule has 0 N–H and O–H groups in total. The van der Waals surface area contributed by atoms with E-state index in [1.165, 1.54) is 12.1 Å². The SMILES string of the molecule is FC(F)(F)C(F)(F)C(F)(F)COc1ccc2ccccc2n1. The van der Waals surface area contributed by atoms with E-state index in [0.29, 0.717) is 10.9 Å². The molecule has 2 rings (SSSR count). The zero-order valence-electron chi connectivity index (χ0n) is 10.7. The molecule has 0 radical (unpaired) electrons. The van der Waals surface area contributed by atoms with Crippen molar-refractivity contribution < 1.29 is 35.5 Å². The first-order valence-electron chi connectivity index (χ1n) is 5.85. The van der Waals surface area contributed by atoms with Gasteiger partial charge in [0.1, 0.15) is 0 Å². The third-order valence-electron chi connectivity index (χ3n) is 2.79. The van der Waals surface area contributed by atoms with Crippen LogP contribution in [0.3, 0.4) is 0 Å². The van der Waals surface area contributed by atoms with Gasteiger partial charge in [-0.2, -0.15) is 30.7 Å². The van der Waals surface area contributed by atoms with Crippen molar-refractivity contribution in [2.24, 2.45) is 0 Å². The van der Waals surface area contributed by atoms with Gasteiger partial charge in [0.05, 0.1) is 5.52 Å². The highest BCUT2D eigenvalue weighted by molar-refractivity contribution is 5.78. The van der Waals surface area contributed by atoms with E-state index in [1.807, 2.05) is 0 Å². The lowest BCUT2D eigenvalue weighted by molar-refractivity contribution is -0.358. The van der Waals surface area contributed by atoms with Crippen molar-refractivity contribution in [3.63, 3.8) is 0 Å². The second-order valence-electron chi connectivity index (χ2n) is 4.41. The molecule has 0 saturated carbocycles. The minimum absolute atomic E-state index is 0.325. The molecule has 0 spiro atoms. The highest BCUT2D eigenvalue weighted by atomic mass is 19.4. The number of aromatic nitrogens is 1. The number of halogens is 7. The highest BCUT2D eigenvalue weighted by Gasteiger charge is 2.73. The lowest BCUT2D eigenvalue weighted by Crippen LogP contribution is -2.54.